The first kappa shape index (κ1) is 11.9. The molecule has 0 aliphatic heterocycles. The van der Waals surface area contributed by atoms with Gasteiger partial charge in [0.15, 0.2) is 5.58 Å². The van der Waals surface area contributed by atoms with Crippen LogP contribution in [0.1, 0.15) is 0 Å². The van der Waals surface area contributed by atoms with Crippen LogP contribution in [0, 0.1) is 0 Å². The molecule has 0 amide bonds. The van der Waals surface area contributed by atoms with E-state index >= 15 is 0 Å². The van der Waals surface area contributed by atoms with Gasteiger partial charge in [0.2, 0.25) is 0 Å². The fraction of sp³-hybridized carbons (Fsp3) is 0.250. The highest BCUT2D eigenvalue weighted by Gasteiger charge is 2.04. The fourth-order valence-corrected chi connectivity index (χ4v) is 2.00. The number of nitrogens with one attached hydrogen (secondary N) is 1. The molecule has 0 aliphatic carbocycles. The quantitative estimate of drug-likeness (QED) is 0.468. The van der Waals surface area contributed by atoms with Gasteiger partial charge in [-0.05, 0) is 18.2 Å². The highest BCUT2D eigenvalue weighted by atomic mass is 32.2. The Bertz CT molecular complexity index is 509. The number of hydrogen-bond acceptors (Lipinski definition) is 5. The second kappa shape index (κ2) is 5.63. The molecule has 5 heteroatoms. The van der Waals surface area contributed by atoms with Crippen molar-refractivity contribution in [3.63, 3.8) is 0 Å². The maximum atomic E-state index is 5.67. The lowest BCUT2D eigenvalue weighted by Gasteiger charge is -1.99. The Morgan fingerprint density at radius 1 is 1.53 bits per heavy atom. The second-order valence-electron chi connectivity index (χ2n) is 3.54. The Morgan fingerprint density at radius 3 is 3.24 bits per heavy atom. The highest BCUT2D eigenvalue weighted by Crippen LogP contribution is 2.20. The first-order valence-corrected chi connectivity index (χ1v) is 6.53. The van der Waals surface area contributed by atoms with Crippen molar-refractivity contribution >= 4 is 34.6 Å². The average molecular weight is 249 g/mol. The first-order chi connectivity index (χ1) is 8.29. The zero-order valence-electron chi connectivity index (χ0n) is 9.48. The predicted molar refractivity (Wildman–Crippen MR) is 74.4 cm³/mol. The molecule has 2 rings (SSSR count). The number of benzene rings is 1. The molecule has 1 aromatic carbocycles. The van der Waals surface area contributed by atoms with Crippen LogP contribution in [0.15, 0.2) is 35.3 Å². The van der Waals surface area contributed by atoms with Crippen molar-refractivity contribution in [3.05, 3.63) is 30.9 Å². The van der Waals surface area contributed by atoms with Gasteiger partial charge in [-0.2, -0.15) is 16.7 Å². The Balaban J connectivity index is 1.93. The molecule has 17 heavy (non-hydrogen) atoms. The van der Waals surface area contributed by atoms with Crippen molar-refractivity contribution in [2.24, 2.45) is 0 Å². The van der Waals surface area contributed by atoms with E-state index in [0.717, 1.165) is 29.2 Å². The van der Waals surface area contributed by atoms with E-state index in [0.29, 0.717) is 11.7 Å². The van der Waals surface area contributed by atoms with Gasteiger partial charge in [0.05, 0.1) is 0 Å². The average Bonchev–Trinajstić information content (AvgIpc) is 2.70. The van der Waals surface area contributed by atoms with Gasteiger partial charge in [-0.3, -0.25) is 0 Å². The molecule has 1 heterocycles. The normalized spacial score (nSPS) is 10.6. The molecule has 0 spiro atoms. The number of nitrogens with two attached hydrogens (primary N) is 1. The highest BCUT2D eigenvalue weighted by molar-refractivity contribution is 7.99. The molecule has 0 radical (unpaired) electrons. The van der Waals surface area contributed by atoms with Crippen LogP contribution in [0.25, 0.3) is 11.1 Å². The molecule has 0 atom stereocenters. The monoisotopic (exact) mass is 249 g/mol. The zero-order valence-corrected chi connectivity index (χ0v) is 10.3. The van der Waals surface area contributed by atoms with Crippen molar-refractivity contribution in [2.45, 2.75) is 0 Å². The number of nitrogen functional groups attached to an aromatic ring is 1. The van der Waals surface area contributed by atoms with Crippen molar-refractivity contribution in [2.75, 3.05) is 29.1 Å². The summed E-state index contributed by atoms with van der Waals surface area (Å²) in [5, 5.41) is 3.14. The van der Waals surface area contributed by atoms with Gasteiger partial charge in [-0.25, -0.2) is 0 Å². The Kier molecular flexibility index (Phi) is 3.93. The molecule has 3 N–H and O–H groups in total. The summed E-state index contributed by atoms with van der Waals surface area (Å²) in [4.78, 5) is 4.30. The van der Waals surface area contributed by atoms with Crippen molar-refractivity contribution in [1.82, 2.24) is 4.98 Å². The van der Waals surface area contributed by atoms with E-state index in [4.69, 9.17) is 10.2 Å². The van der Waals surface area contributed by atoms with E-state index in [1.54, 1.807) is 12.1 Å². The third kappa shape index (κ3) is 3.17. The van der Waals surface area contributed by atoms with Crippen LogP contribution in [0.3, 0.4) is 0 Å². The van der Waals surface area contributed by atoms with Gasteiger partial charge < -0.3 is 15.5 Å². The number of fused-ring (bicyclic) bond motifs is 1. The van der Waals surface area contributed by atoms with Crippen LogP contribution in [0.5, 0.6) is 0 Å². The SMILES string of the molecule is C=CCSCCNc1nc2cc(N)ccc2o1. The molecular formula is C12H15N3OS. The Labute approximate surface area is 104 Å². The number of rotatable bonds is 6. The molecule has 0 fully saturated rings. The number of hydrogen-bond donors (Lipinski definition) is 2. The predicted octanol–water partition coefficient (Wildman–Crippen LogP) is 2.74. The second-order valence-corrected chi connectivity index (χ2v) is 4.69. The minimum atomic E-state index is 0.546. The Morgan fingerprint density at radius 2 is 2.41 bits per heavy atom. The molecule has 1 aromatic heterocycles. The van der Waals surface area contributed by atoms with Crippen LogP contribution in [-0.4, -0.2) is 23.0 Å². The van der Waals surface area contributed by atoms with E-state index in [-0.39, 0.29) is 0 Å². The minimum Gasteiger partial charge on any atom is -0.424 e. The smallest absolute Gasteiger partial charge is 0.295 e. The number of aromatic nitrogens is 1. The molecular weight excluding hydrogens is 234 g/mol. The standard InChI is InChI=1S/C12H15N3OS/c1-2-6-17-7-5-14-12-15-10-8-9(13)3-4-11(10)16-12/h2-4,8H,1,5-7,13H2,(H,14,15). The molecule has 2 aromatic rings. The molecule has 0 bridgehead atoms. The number of anilines is 2. The summed E-state index contributed by atoms with van der Waals surface area (Å²) < 4.78 is 5.52. The van der Waals surface area contributed by atoms with E-state index in [9.17, 15) is 0 Å². The lowest BCUT2D eigenvalue weighted by molar-refractivity contribution is 0.617. The first-order valence-electron chi connectivity index (χ1n) is 5.38. The van der Waals surface area contributed by atoms with E-state index in [2.05, 4.69) is 16.9 Å². The molecule has 4 nitrogen and oxygen atoms in total. The molecule has 0 unspecified atom stereocenters. The summed E-state index contributed by atoms with van der Waals surface area (Å²) in [6, 6.07) is 5.98. The Hall–Kier alpha value is -1.62. The maximum Gasteiger partial charge on any atom is 0.295 e. The van der Waals surface area contributed by atoms with E-state index in [1.165, 1.54) is 0 Å². The number of nitrogens with zero attached hydrogens (tertiary/aromatic N) is 1. The van der Waals surface area contributed by atoms with E-state index in [1.807, 2.05) is 23.9 Å². The largest absolute Gasteiger partial charge is 0.424 e. The summed E-state index contributed by atoms with van der Waals surface area (Å²) in [5.74, 6) is 1.96. The van der Waals surface area contributed by atoms with Gasteiger partial charge in [0.1, 0.15) is 5.52 Å². The lowest BCUT2D eigenvalue weighted by Crippen LogP contribution is -2.04. The van der Waals surface area contributed by atoms with Crippen molar-refractivity contribution < 1.29 is 4.42 Å². The number of thioether (sulfide) groups is 1. The molecule has 0 saturated carbocycles. The number of oxazole rings is 1. The summed E-state index contributed by atoms with van der Waals surface area (Å²) in [6.45, 7) is 4.49. The summed E-state index contributed by atoms with van der Waals surface area (Å²) in [6.07, 6.45) is 1.90. The van der Waals surface area contributed by atoms with Crippen LogP contribution < -0.4 is 11.1 Å². The topological polar surface area (TPSA) is 64.1 Å². The van der Waals surface area contributed by atoms with Crippen LogP contribution in [-0.2, 0) is 0 Å². The van der Waals surface area contributed by atoms with Gasteiger partial charge in [0.25, 0.3) is 6.01 Å². The van der Waals surface area contributed by atoms with Crippen molar-refractivity contribution in [1.29, 1.82) is 0 Å². The molecule has 0 aliphatic rings. The fourth-order valence-electron chi connectivity index (χ4n) is 1.42. The van der Waals surface area contributed by atoms with Gasteiger partial charge in [-0.15, -0.1) is 6.58 Å². The summed E-state index contributed by atoms with van der Waals surface area (Å²) in [5.41, 5.74) is 7.90. The summed E-state index contributed by atoms with van der Waals surface area (Å²) >= 11 is 1.81. The van der Waals surface area contributed by atoms with E-state index < -0.39 is 0 Å². The van der Waals surface area contributed by atoms with Crippen LogP contribution in [0.2, 0.25) is 0 Å². The lowest BCUT2D eigenvalue weighted by atomic mass is 10.3. The summed E-state index contributed by atoms with van der Waals surface area (Å²) in [7, 11) is 0. The van der Waals surface area contributed by atoms with Gasteiger partial charge in [0, 0.05) is 23.7 Å². The van der Waals surface area contributed by atoms with Crippen molar-refractivity contribution in [3.8, 4) is 0 Å². The minimum absolute atomic E-state index is 0.546. The van der Waals surface area contributed by atoms with Gasteiger partial charge in [-0.1, -0.05) is 6.08 Å². The molecule has 0 saturated heterocycles. The third-order valence-corrected chi connectivity index (χ3v) is 3.13. The van der Waals surface area contributed by atoms with Crippen LogP contribution in [0.4, 0.5) is 11.7 Å². The van der Waals surface area contributed by atoms with Gasteiger partial charge >= 0.3 is 0 Å². The zero-order chi connectivity index (χ0) is 12.1. The van der Waals surface area contributed by atoms with Crippen LogP contribution >= 0.6 is 11.8 Å². The third-order valence-electron chi connectivity index (χ3n) is 2.17. The molecule has 90 valence electrons. The maximum absolute atomic E-state index is 5.67.